The van der Waals surface area contributed by atoms with Crippen LogP contribution in [0.3, 0.4) is 0 Å². The van der Waals surface area contributed by atoms with Crippen molar-refractivity contribution in [2.45, 2.75) is 32.9 Å². The number of hydrogen-bond acceptors (Lipinski definition) is 4. The van der Waals surface area contributed by atoms with Crippen molar-refractivity contribution in [1.82, 2.24) is 5.32 Å². The first kappa shape index (κ1) is 16.3. The van der Waals surface area contributed by atoms with Crippen molar-refractivity contribution in [1.29, 1.82) is 0 Å². The molecular formula is C15H24N2O3. The zero-order chi connectivity index (χ0) is 15.1. The summed E-state index contributed by atoms with van der Waals surface area (Å²) in [5.41, 5.74) is 1.90. The van der Waals surface area contributed by atoms with Gasteiger partial charge in [0.05, 0.1) is 12.8 Å². The fourth-order valence-electron chi connectivity index (χ4n) is 1.87. The lowest BCUT2D eigenvalue weighted by Gasteiger charge is -2.20. The second-order valence-electron chi connectivity index (χ2n) is 4.95. The number of anilines is 1. The van der Waals surface area contributed by atoms with Gasteiger partial charge in [0.15, 0.2) is 0 Å². The Bertz CT molecular complexity index is 449. The van der Waals surface area contributed by atoms with Crippen LogP contribution in [0, 0.1) is 0 Å². The highest BCUT2D eigenvalue weighted by Gasteiger charge is 2.12. The van der Waals surface area contributed by atoms with E-state index in [0.717, 1.165) is 24.2 Å². The molecule has 1 rings (SSSR count). The zero-order valence-electron chi connectivity index (χ0n) is 12.6. The van der Waals surface area contributed by atoms with Crippen molar-refractivity contribution in [2.24, 2.45) is 0 Å². The molecule has 0 amide bonds. The van der Waals surface area contributed by atoms with Crippen LogP contribution in [-0.4, -0.2) is 37.8 Å². The smallest absolute Gasteiger partial charge is 0.323 e. The highest BCUT2D eigenvalue weighted by atomic mass is 16.5. The number of nitrogens with one attached hydrogen (secondary N) is 1. The molecule has 0 aliphatic heterocycles. The van der Waals surface area contributed by atoms with Crippen LogP contribution < -0.4 is 15.0 Å². The number of rotatable bonds is 8. The molecule has 0 aliphatic carbocycles. The minimum atomic E-state index is -0.864. The molecule has 0 radical (unpaired) electrons. The van der Waals surface area contributed by atoms with E-state index in [1.165, 1.54) is 0 Å². The van der Waals surface area contributed by atoms with Gasteiger partial charge in [-0.15, -0.1) is 0 Å². The number of methoxy groups -OCH3 is 1. The van der Waals surface area contributed by atoms with E-state index < -0.39 is 5.97 Å². The van der Waals surface area contributed by atoms with Crippen molar-refractivity contribution in [3.8, 4) is 5.75 Å². The average Bonchev–Trinajstić information content (AvgIpc) is 2.43. The quantitative estimate of drug-likeness (QED) is 0.763. The molecule has 112 valence electrons. The maximum atomic E-state index is 10.8. The van der Waals surface area contributed by atoms with Gasteiger partial charge in [0, 0.05) is 19.6 Å². The molecule has 20 heavy (non-hydrogen) atoms. The van der Waals surface area contributed by atoms with Gasteiger partial charge in [0.25, 0.3) is 0 Å². The van der Waals surface area contributed by atoms with E-state index in [-0.39, 0.29) is 6.54 Å². The normalized spacial score (nSPS) is 12.0. The third-order valence-electron chi connectivity index (χ3n) is 3.29. The lowest BCUT2D eigenvalue weighted by atomic mass is 10.1. The molecule has 0 aliphatic rings. The second-order valence-corrected chi connectivity index (χ2v) is 4.95. The van der Waals surface area contributed by atoms with Gasteiger partial charge in [-0.25, -0.2) is 0 Å². The number of aliphatic carboxylic acids is 1. The summed E-state index contributed by atoms with van der Waals surface area (Å²) in [5, 5.41) is 12.3. The number of ether oxygens (including phenoxy) is 1. The Kier molecular flexibility index (Phi) is 6.31. The molecule has 0 heterocycles. The van der Waals surface area contributed by atoms with Crippen LogP contribution in [-0.2, 0) is 11.3 Å². The molecule has 1 aromatic carbocycles. The van der Waals surface area contributed by atoms with E-state index in [4.69, 9.17) is 9.84 Å². The number of carbonyl (C=O) groups is 1. The molecule has 0 fully saturated rings. The van der Waals surface area contributed by atoms with Crippen molar-refractivity contribution >= 4 is 11.7 Å². The van der Waals surface area contributed by atoms with Crippen LogP contribution in [0.25, 0.3) is 0 Å². The summed E-state index contributed by atoms with van der Waals surface area (Å²) in [7, 11) is 3.34. The summed E-state index contributed by atoms with van der Waals surface area (Å²) < 4.78 is 5.36. The highest BCUT2D eigenvalue weighted by Crippen LogP contribution is 2.28. The van der Waals surface area contributed by atoms with E-state index in [2.05, 4.69) is 19.2 Å². The van der Waals surface area contributed by atoms with Crippen molar-refractivity contribution in [2.75, 3.05) is 25.6 Å². The van der Waals surface area contributed by atoms with Gasteiger partial charge < -0.3 is 20.1 Å². The Morgan fingerprint density at radius 2 is 2.20 bits per heavy atom. The molecule has 0 spiro atoms. The van der Waals surface area contributed by atoms with Crippen molar-refractivity contribution < 1.29 is 14.6 Å². The Labute approximate surface area is 120 Å². The van der Waals surface area contributed by atoms with Crippen LogP contribution in [0.15, 0.2) is 18.2 Å². The fraction of sp³-hybridized carbons (Fsp3) is 0.533. The fourth-order valence-corrected chi connectivity index (χ4v) is 1.87. The van der Waals surface area contributed by atoms with Gasteiger partial charge in [-0.05, 0) is 31.0 Å². The summed E-state index contributed by atoms with van der Waals surface area (Å²) in [6.07, 6.45) is 1.08. The first-order valence-corrected chi connectivity index (χ1v) is 6.81. The minimum absolute atomic E-state index is 0.0547. The topological polar surface area (TPSA) is 61.8 Å². The molecule has 0 saturated heterocycles. The molecule has 1 unspecified atom stereocenters. The lowest BCUT2D eigenvalue weighted by molar-refractivity contribution is -0.135. The number of likely N-dealkylation sites (N-methyl/N-ethyl adjacent to an activating group) is 1. The Hall–Kier alpha value is -1.75. The monoisotopic (exact) mass is 280 g/mol. The molecule has 1 atom stereocenters. The van der Waals surface area contributed by atoms with Gasteiger partial charge in [-0.2, -0.15) is 0 Å². The van der Waals surface area contributed by atoms with Crippen LogP contribution in [0.5, 0.6) is 5.75 Å². The highest BCUT2D eigenvalue weighted by molar-refractivity contribution is 5.75. The van der Waals surface area contributed by atoms with Crippen molar-refractivity contribution in [3.05, 3.63) is 23.8 Å². The summed E-state index contributed by atoms with van der Waals surface area (Å²) in [4.78, 5) is 12.4. The Morgan fingerprint density at radius 3 is 2.75 bits per heavy atom. The average molecular weight is 280 g/mol. The number of carboxylic acid groups (broad SMARTS) is 1. The largest absolute Gasteiger partial charge is 0.495 e. The Morgan fingerprint density at radius 1 is 1.50 bits per heavy atom. The number of benzene rings is 1. The number of carboxylic acids is 1. The SMILES string of the molecule is CCC(C)NCc1ccc(N(C)CC(=O)O)c(OC)c1. The third-order valence-corrected chi connectivity index (χ3v) is 3.29. The first-order chi connectivity index (χ1) is 9.47. The Balaban J connectivity index is 2.82. The van der Waals surface area contributed by atoms with Gasteiger partial charge in [-0.3, -0.25) is 4.79 Å². The predicted molar refractivity (Wildman–Crippen MR) is 80.5 cm³/mol. The van der Waals surface area contributed by atoms with Crippen LogP contribution in [0.4, 0.5) is 5.69 Å². The maximum absolute atomic E-state index is 10.8. The van der Waals surface area contributed by atoms with E-state index in [9.17, 15) is 4.79 Å². The van der Waals surface area contributed by atoms with Gasteiger partial charge >= 0.3 is 5.97 Å². The van der Waals surface area contributed by atoms with E-state index >= 15 is 0 Å². The minimum Gasteiger partial charge on any atom is -0.495 e. The van der Waals surface area contributed by atoms with E-state index in [1.54, 1.807) is 19.1 Å². The molecule has 5 heteroatoms. The van der Waals surface area contributed by atoms with Crippen LogP contribution in [0.1, 0.15) is 25.8 Å². The molecule has 2 N–H and O–H groups in total. The first-order valence-electron chi connectivity index (χ1n) is 6.81. The molecule has 0 bridgehead atoms. The maximum Gasteiger partial charge on any atom is 0.323 e. The van der Waals surface area contributed by atoms with Gasteiger partial charge in [0.1, 0.15) is 12.3 Å². The third kappa shape index (κ3) is 4.74. The predicted octanol–water partition coefficient (Wildman–Crippen LogP) is 2.10. The van der Waals surface area contributed by atoms with Gasteiger partial charge in [0.2, 0.25) is 0 Å². The van der Waals surface area contributed by atoms with E-state index in [0.29, 0.717) is 11.8 Å². The van der Waals surface area contributed by atoms with E-state index in [1.807, 2.05) is 18.2 Å². The molecule has 0 saturated carbocycles. The number of nitrogens with zero attached hydrogens (tertiary/aromatic N) is 1. The number of hydrogen-bond donors (Lipinski definition) is 2. The molecule has 0 aromatic heterocycles. The zero-order valence-corrected chi connectivity index (χ0v) is 12.6. The molecule has 1 aromatic rings. The summed E-state index contributed by atoms with van der Waals surface area (Å²) in [5.74, 6) is -0.172. The van der Waals surface area contributed by atoms with Gasteiger partial charge in [-0.1, -0.05) is 13.0 Å². The van der Waals surface area contributed by atoms with Crippen LogP contribution in [0.2, 0.25) is 0 Å². The lowest BCUT2D eigenvalue weighted by Crippen LogP contribution is -2.26. The second kappa shape index (κ2) is 7.75. The van der Waals surface area contributed by atoms with Crippen molar-refractivity contribution in [3.63, 3.8) is 0 Å². The summed E-state index contributed by atoms with van der Waals surface area (Å²) >= 11 is 0. The molecular weight excluding hydrogens is 256 g/mol. The standard InChI is InChI=1S/C15H24N2O3/c1-5-11(2)16-9-12-6-7-13(14(8-12)20-4)17(3)10-15(18)19/h6-8,11,16H,5,9-10H2,1-4H3,(H,18,19). The van der Waals surface area contributed by atoms with Crippen LogP contribution >= 0.6 is 0 Å². The molecule has 5 nitrogen and oxygen atoms in total. The summed E-state index contributed by atoms with van der Waals surface area (Å²) in [6, 6.07) is 6.31. The summed E-state index contributed by atoms with van der Waals surface area (Å²) in [6.45, 7) is 5.00.